The van der Waals surface area contributed by atoms with Crippen molar-refractivity contribution in [3.8, 4) is 0 Å². The van der Waals surface area contributed by atoms with E-state index < -0.39 is 16.5 Å². The Morgan fingerprint density at radius 1 is 1.29 bits per heavy atom. The normalized spacial score (nSPS) is 11.2. The number of thioether (sulfide) groups is 1. The van der Waals surface area contributed by atoms with Crippen molar-refractivity contribution in [2.24, 2.45) is 0 Å². The molecule has 0 saturated carbocycles. The molecule has 0 amide bonds. The van der Waals surface area contributed by atoms with E-state index in [0.717, 1.165) is 11.8 Å². The summed E-state index contributed by atoms with van der Waals surface area (Å²) < 4.78 is 11.6. The van der Waals surface area contributed by atoms with Crippen molar-refractivity contribution in [2.45, 2.75) is 18.6 Å². The molecule has 92 valence electrons. The summed E-state index contributed by atoms with van der Waals surface area (Å²) in [5.74, 6) is -1.51. The van der Waals surface area contributed by atoms with Crippen LogP contribution in [0.15, 0.2) is 24.3 Å². The van der Waals surface area contributed by atoms with E-state index in [-0.39, 0.29) is 11.5 Å². The molecule has 17 heavy (non-hydrogen) atoms. The first-order chi connectivity index (χ1) is 7.83. The van der Waals surface area contributed by atoms with Crippen LogP contribution in [-0.2, 0) is 4.79 Å². The van der Waals surface area contributed by atoms with Crippen molar-refractivity contribution in [3.63, 3.8) is 0 Å². The van der Waals surface area contributed by atoms with E-state index in [4.69, 9.17) is 5.11 Å². The lowest BCUT2D eigenvalue weighted by Crippen LogP contribution is -2.28. The molecule has 0 fully saturated rings. The van der Waals surface area contributed by atoms with E-state index in [2.05, 4.69) is 0 Å². The molecule has 0 unspecified atom stereocenters. The van der Waals surface area contributed by atoms with E-state index in [1.807, 2.05) is 0 Å². The van der Waals surface area contributed by atoms with Gasteiger partial charge in [-0.2, -0.15) is 0 Å². The molecular formula is C12H13FO3S. The van der Waals surface area contributed by atoms with Crippen LogP contribution in [0, 0.1) is 5.82 Å². The fourth-order valence-corrected chi connectivity index (χ4v) is 1.81. The number of benzene rings is 1. The molecule has 0 heterocycles. The molecule has 0 spiro atoms. The quantitative estimate of drug-likeness (QED) is 0.823. The molecule has 0 aliphatic heterocycles. The molecule has 1 N–H and O–H groups in total. The summed E-state index contributed by atoms with van der Waals surface area (Å²) in [5, 5.41) is 8.88. The van der Waals surface area contributed by atoms with Crippen molar-refractivity contribution in [1.29, 1.82) is 0 Å². The molecular weight excluding hydrogens is 243 g/mol. The van der Waals surface area contributed by atoms with Crippen LogP contribution in [-0.4, -0.2) is 27.4 Å². The number of carbonyl (C=O) groups excluding carboxylic acids is 1. The van der Waals surface area contributed by atoms with Crippen LogP contribution in [0.2, 0.25) is 0 Å². The highest BCUT2D eigenvalue weighted by Crippen LogP contribution is 2.25. The monoisotopic (exact) mass is 256 g/mol. The molecule has 0 aromatic heterocycles. The van der Waals surface area contributed by atoms with Gasteiger partial charge in [0.25, 0.3) is 0 Å². The highest BCUT2D eigenvalue weighted by Gasteiger charge is 2.28. The molecule has 0 aliphatic carbocycles. The molecule has 0 bridgehead atoms. The van der Waals surface area contributed by atoms with Gasteiger partial charge in [-0.05, 0) is 38.1 Å². The fraction of sp³-hybridized carbons (Fsp3) is 0.333. The second-order valence-corrected chi connectivity index (χ2v) is 5.63. The van der Waals surface area contributed by atoms with Gasteiger partial charge in [0.15, 0.2) is 5.78 Å². The highest BCUT2D eigenvalue weighted by molar-refractivity contribution is 8.02. The van der Waals surface area contributed by atoms with E-state index in [0.29, 0.717) is 5.56 Å². The zero-order chi connectivity index (χ0) is 13.1. The van der Waals surface area contributed by atoms with Gasteiger partial charge in [-0.15, -0.1) is 11.8 Å². The van der Waals surface area contributed by atoms with Crippen molar-refractivity contribution in [3.05, 3.63) is 35.6 Å². The highest BCUT2D eigenvalue weighted by atomic mass is 32.2. The molecule has 0 atom stereocenters. The molecule has 3 nitrogen and oxygen atoms in total. The zero-order valence-corrected chi connectivity index (χ0v) is 10.4. The number of rotatable bonds is 5. The van der Waals surface area contributed by atoms with Gasteiger partial charge in [0.05, 0.1) is 5.75 Å². The number of carboxylic acids is 1. The number of aliphatic carboxylic acids is 1. The minimum Gasteiger partial charge on any atom is -0.480 e. The maximum atomic E-state index is 12.6. The van der Waals surface area contributed by atoms with E-state index >= 15 is 0 Å². The number of halogens is 1. The Hall–Kier alpha value is -1.36. The van der Waals surface area contributed by atoms with Gasteiger partial charge in [-0.1, -0.05) is 0 Å². The Bertz CT molecular complexity index is 426. The largest absolute Gasteiger partial charge is 0.480 e. The Morgan fingerprint density at radius 2 is 1.82 bits per heavy atom. The summed E-state index contributed by atoms with van der Waals surface area (Å²) in [6.07, 6.45) is 0. The number of ketones is 1. The Labute approximate surface area is 103 Å². The minimum atomic E-state index is -1.00. The number of hydrogen-bond donors (Lipinski definition) is 1. The van der Waals surface area contributed by atoms with Crippen LogP contribution in [0.4, 0.5) is 4.39 Å². The number of carboxylic acid groups (broad SMARTS) is 1. The smallest absolute Gasteiger partial charge is 0.319 e. The Balaban J connectivity index is 2.62. The SMILES string of the molecule is CC(C)(SCC(=O)c1ccc(F)cc1)C(=O)O. The number of Topliss-reactive ketones (excluding diaryl/α,β-unsaturated/α-hetero) is 1. The summed E-state index contributed by atoms with van der Waals surface area (Å²) in [6.45, 7) is 3.08. The number of carbonyl (C=O) groups is 2. The van der Waals surface area contributed by atoms with Crippen LogP contribution in [0.25, 0.3) is 0 Å². The average Bonchev–Trinajstić information content (AvgIpc) is 2.27. The lowest BCUT2D eigenvalue weighted by molar-refractivity contribution is -0.138. The van der Waals surface area contributed by atoms with Gasteiger partial charge in [-0.25, -0.2) is 4.39 Å². The van der Waals surface area contributed by atoms with Crippen LogP contribution < -0.4 is 0 Å². The molecule has 0 aliphatic rings. The lowest BCUT2D eigenvalue weighted by atomic mass is 10.1. The summed E-state index contributed by atoms with van der Waals surface area (Å²) in [6, 6.07) is 5.21. The first-order valence-electron chi connectivity index (χ1n) is 4.99. The molecule has 5 heteroatoms. The topological polar surface area (TPSA) is 54.4 Å². The first-order valence-corrected chi connectivity index (χ1v) is 5.97. The fourth-order valence-electron chi connectivity index (χ4n) is 1.03. The lowest BCUT2D eigenvalue weighted by Gasteiger charge is -2.17. The van der Waals surface area contributed by atoms with Gasteiger partial charge < -0.3 is 5.11 Å². The molecule has 1 aromatic rings. The third-order valence-corrected chi connectivity index (χ3v) is 3.55. The maximum Gasteiger partial charge on any atom is 0.319 e. The van der Waals surface area contributed by atoms with Crippen LogP contribution in [0.3, 0.4) is 0 Å². The van der Waals surface area contributed by atoms with Gasteiger partial charge in [0, 0.05) is 5.56 Å². The molecule has 0 radical (unpaired) electrons. The van der Waals surface area contributed by atoms with Crippen LogP contribution in [0.5, 0.6) is 0 Å². The van der Waals surface area contributed by atoms with Crippen molar-refractivity contribution in [2.75, 3.05) is 5.75 Å². The second kappa shape index (κ2) is 5.31. The first kappa shape index (κ1) is 13.7. The molecule has 0 saturated heterocycles. The van der Waals surface area contributed by atoms with Gasteiger partial charge in [-0.3, -0.25) is 9.59 Å². The van der Waals surface area contributed by atoms with Crippen molar-refractivity contribution >= 4 is 23.5 Å². The van der Waals surface area contributed by atoms with E-state index in [1.165, 1.54) is 38.1 Å². The van der Waals surface area contributed by atoms with E-state index in [9.17, 15) is 14.0 Å². The van der Waals surface area contributed by atoms with Crippen molar-refractivity contribution in [1.82, 2.24) is 0 Å². The predicted octanol–water partition coefficient (Wildman–Crippen LogP) is 2.60. The van der Waals surface area contributed by atoms with Crippen LogP contribution >= 0.6 is 11.8 Å². The maximum absolute atomic E-state index is 12.6. The van der Waals surface area contributed by atoms with Crippen LogP contribution in [0.1, 0.15) is 24.2 Å². The van der Waals surface area contributed by atoms with Crippen molar-refractivity contribution < 1.29 is 19.1 Å². The average molecular weight is 256 g/mol. The summed E-state index contributed by atoms with van der Waals surface area (Å²) in [4.78, 5) is 22.5. The zero-order valence-electron chi connectivity index (χ0n) is 9.57. The van der Waals surface area contributed by atoms with Gasteiger partial charge >= 0.3 is 5.97 Å². The van der Waals surface area contributed by atoms with Gasteiger partial charge in [0.2, 0.25) is 0 Å². The standard InChI is InChI=1S/C12H13FO3S/c1-12(2,11(15)16)17-7-10(14)8-3-5-9(13)6-4-8/h3-6H,7H2,1-2H3,(H,15,16). The van der Waals surface area contributed by atoms with Gasteiger partial charge in [0.1, 0.15) is 10.6 Å². The summed E-state index contributed by atoms with van der Waals surface area (Å²) in [5.41, 5.74) is 0.389. The third-order valence-electron chi connectivity index (χ3n) is 2.25. The second-order valence-electron chi connectivity index (χ2n) is 4.03. The van der Waals surface area contributed by atoms with E-state index in [1.54, 1.807) is 0 Å². The Morgan fingerprint density at radius 3 is 2.29 bits per heavy atom. The predicted molar refractivity (Wildman–Crippen MR) is 64.9 cm³/mol. The number of hydrogen-bond acceptors (Lipinski definition) is 3. The third kappa shape index (κ3) is 3.85. The summed E-state index contributed by atoms with van der Waals surface area (Å²) in [7, 11) is 0. The molecule has 1 rings (SSSR count). The Kier molecular flexibility index (Phi) is 4.28. The molecule has 1 aromatic carbocycles. The summed E-state index contributed by atoms with van der Waals surface area (Å²) >= 11 is 1.05. The minimum absolute atomic E-state index is 0.0604.